The van der Waals surface area contributed by atoms with Crippen LogP contribution in [0.1, 0.15) is 16.2 Å². The van der Waals surface area contributed by atoms with Crippen molar-refractivity contribution < 1.29 is 9.59 Å². The summed E-state index contributed by atoms with van der Waals surface area (Å²) in [5, 5.41) is 2.61. The Labute approximate surface area is 130 Å². The summed E-state index contributed by atoms with van der Waals surface area (Å²) >= 11 is 3.30. The molecule has 2 rings (SSSR count). The Morgan fingerprint density at radius 2 is 2.14 bits per heavy atom. The highest BCUT2D eigenvalue weighted by Crippen LogP contribution is 2.15. The van der Waals surface area contributed by atoms with Gasteiger partial charge in [0, 0.05) is 23.9 Å². The molecule has 0 radical (unpaired) electrons. The van der Waals surface area contributed by atoms with Crippen LogP contribution in [0.25, 0.3) is 0 Å². The summed E-state index contributed by atoms with van der Waals surface area (Å²) in [6, 6.07) is 7.06. The van der Waals surface area contributed by atoms with Crippen LogP contribution in [0, 0.1) is 0 Å². The first-order valence-corrected chi connectivity index (χ1v) is 7.12. The first kappa shape index (κ1) is 15.2. The van der Waals surface area contributed by atoms with E-state index < -0.39 is 0 Å². The maximum absolute atomic E-state index is 12.0. The molecule has 0 fully saturated rings. The third kappa shape index (κ3) is 4.16. The number of carbonyl (C=O) groups is 2. The van der Waals surface area contributed by atoms with Crippen LogP contribution in [0.3, 0.4) is 0 Å². The molecule has 110 valence electrons. The van der Waals surface area contributed by atoms with Crippen LogP contribution in [0.2, 0.25) is 0 Å². The number of nitrogens with one attached hydrogen (secondary N) is 2. The van der Waals surface area contributed by atoms with Gasteiger partial charge in [0.05, 0.1) is 18.7 Å². The minimum absolute atomic E-state index is 0.0582. The van der Waals surface area contributed by atoms with Crippen molar-refractivity contribution in [2.75, 3.05) is 13.6 Å². The Morgan fingerprint density at radius 3 is 2.81 bits per heavy atom. The second-order valence-corrected chi connectivity index (χ2v) is 5.30. The fourth-order valence-electron chi connectivity index (χ4n) is 1.73. The second kappa shape index (κ2) is 7.03. The summed E-state index contributed by atoms with van der Waals surface area (Å²) in [4.78, 5) is 32.4. The molecule has 0 bridgehead atoms. The predicted octanol–water partition coefficient (Wildman–Crippen LogP) is 1.56. The largest absolute Gasteiger partial charge is 0.347 e. The van der Waals surface area contributed by atoms with E-state index in [1.807, 2.05) is 6.07 Å². The van der Waals surface area contributed by atoms with Gasteiger partial charge in [0.1, 0.15) is 5.82 Å². The number of nitrogens with zero attached hydrogens (tertiary/aromatic N) is 2. The topological polar surface area (TPSA) is 78.1 Å². The van der Waals surface area contributed by atoms with Crippen molar-refractivity contribution in [3.8, 4) is 0 Å². The molecule has 21 heavy (non-hydrogen) atoms. The highest BCUT2D eigenvalue weighted by Gasteiger charge is 2.14. The van der Waals surface area contributed by atoms with E-state index in [1.165, 1.54) is 4.90 Å². The van der Waals surface area contributed by atoms with E-state index >= 15 is 0 Å². The zero-order valence-electron chi connectivity index (χ0n) is 11.5. The van der Waals surface area contributed by atoms with Gasteiger partial charge in [-0.1, -0.05) is 12.1 Å². The number of aromatic nitrogens is 2. The highest BCUT2D eigenvalue weighted by molar-refractivity contribution is 9.10. The van der Waals surface area contributed by atoms with E-state index in [-0.39, 0.29) is 18.4 Å². The quantitative estimate of drug-likeness (QED) is 0.858. The van der Waals surface area contributed by atoms with Crippen LogP contribution in [0.5, 0.6) is 0 Å². The molecule has 0 unspecified atom stereocenters. The number of hydrogen-bond donors (Lipinski definition) is 2. The molecule has 1 heterocycles. The number of amides is 2. The molecule has 0 atom stereocenters. The van der Waals surface area contributed by atoms with Gasteiger partial charge in [0.25, 0.3) is 5.91 Å². The van der Waals surface area contributed by atoms with E-state index in [0.717, 1.165) is 0 Å². The number of carbonyl (C=O) groups excluding carboxylic acids is 2. The van der Waals surface area contributed by atoms with E-state index in [4.69, 9.17) is 0 Å². The molecule has 2 aromatic rings. The summed E-state index contributed by atoms with van der Waals surface area (Å²) in [6.45, 7) is 0.314. The second-order valence-electron chi connectivity index (χ2n) is 4.45. The first-order chi connectivity index (χ1) is 10.1. The number of imidazole rings is 1. The minimum atomic E-state index is -0.290. The molecule has 2 N–H and O–H groups in total. The number of halogens is 1. The van der Waals surface area contributed by atoms with Gasteiger partial charge in [-0.25, -0.2) is 4.98 Å². The predicted molar refractivity (Wildman–Crippen MR) is 81.5 cm³/mol. The number of rotatable bonds is 5. The van der Waals surface area contributed by atoms with Crippen LogP contribution in [0.15, 0.2) is 41.1 Å². The Kier molecular flexibility index (Phi) is 5.10. The highest BCUT2D eigenvalue weighted by atomic mass is 79.9. The van der Waals surface area contributed by atoms with E-state index in [9.17, 15) is 9.59 Å². The van der Waals surface area contributed by atoms with Crippen molar-refractivity contribution in [1.82, 2.24) is 20.2 Å². The lowest BCUT2D eigenvalue weighted by molar-refractivity contribution is -0.129. The van der Waals surface area contributed by atoms with Gasteiger partial charge in [-0.2, -0.15) is 0 Å². The Hall–Kier alpha value is -2.15. The fourth-order valence-corrected chi connectivity index (χ4v) is 2.19. The number of aromatic amines is 1. The number of likely N-dealkylation sites (N-methyl/N-ethyl adjacent to an activating group) is 1. The zero-order valence-corrected chi connectivity index (χ0v) is 13.1. The van der Waals surface area contributed by atoms with Gasteiger partial charge in [0.15, 0.2) is 0 Å². The van der Waals surface area contributed by atoms with Crippen molar-refractivity contribution in [2.45, 2.75) is 6.54 Å². The normalized spacial score (nSPS) is 10.2. The molecule has 0 aliphatic carbocycles. The Balaban J connectivity index is 1.86. The van der Waals surface area contributed by atoms with Crippen LogP contribution in [-0.2, 0) is 11.3 Å². The molecule has 0 saturated carbocycles. The summed E-state index contributed by atoms with van der Waals surface area (Å²) in [6.07, 6.45) is 3.32. The molecule has 1 aromatic heterocycles. The maximum atomic E-state index is 12.0. The average Bonchev–Trinajstić information content (AvgIpc) is 2.97. The first-order valence-electron chi connectivity index (χ1n) is 6.33. The molecule has 0 spiro atoms. The minimum Gasteiger partial charge on any atom is -0.347 e. The maximum Gasteiger partial charge on any atom is 0.252 e. The standard InChI is InChI=1S/C14H15BrN4O2/c1-19(9-12-16-6-7-17-12)13(20)8-18-14(21)10-4-2-3-5-11(10)15/h2-7H,8-9H2,1H3,(H,16,17)(H,18,21). The van der Waals surface area contributed by atoms with E-state index in [1.54, 1.807) is 37.6 Å². The number of H-pyrrole nitrogens is 1. The van der Waals surface area contributed by atoms with Gasteiger partial charge in [-0.05, 0) is 28.1 Å². The van der Waals surface area contributed by atoms with Crippen molar-refractivity contribution in [3.63, 3.8) is 0 Å². The van der Waals surface area contributed by atoms with Crippen molar-refractivity contribution in [3.05, 3.63) is 52.5 Å². The van der Waals surface area contributed by atoms with Crippen molar-refractivity contribution in [2.24, 2.45) is 0 Å². The lowest BCUT2D eigenvalue weighted by Gasteiger charge is -2.16. The summed E-state index contributed by atoms with van der Waals surface area (Å²) < 4.78 is 0.693. The molecule has 0 aliphatic heterocycles. The third-order valence-electron chi connectivity index (χ3n) is 2.89. The monoisotopic (exact) mass is 350 g/mol. The molecular weight excluding hydrogens is 336 g/mol. The molecule has 0 saturated heterocycles. The van der Waals surface area contributed by atoms with Gasteiger partial charge in [-0.15, -0.1) is 0 Å². The fraction of sp³-hybridized carbons (Fsp3) is 0.214. The van der Waals surface area contributed by atoms with Gasteiger partial charge >= 0.3 is 0 Å². The average molecular weight is 351 g/mol. The summed E-state index contributed by atoms with van der Waals surface area (Å²) in [7, 11) is 1.66. The van der Waals surface area contributed by atoms with Crippen LogP contribution < -0.4 is 5.32 Å². The van der Waals surface area contributed by atoms with Crippen LogP contribution in [0.4, 0.5) is 0 Å². The Bertz CT molecular complexity index is 628. The molecule has 2 amide bonds. The molecule has 0 aliphatic rings. The number of hydrogen-bond acceptors (Lipinski definition) is 3. The van der Waals surface area contributed by atoms with E-state index in [0.29, 0.717) is 22.4 Å². The summed E-state index contributed by atoms with van der Waals surface area (Å²) in [5.41, 5.74) is 0.499. The van der Waals surface area contributed by atoms with Gasteiger partial charge in [0.2, 0.25) is 5.91 Å². The third-order valence-corrected chi connectivity index (χ3v) is 3.58. The van der Waals surface area contributed by atoms with E-state index in [2.05, 4.69) is 31.2 Å². The van der Waals surface area contributed by atoms with Gasteiger partial charge in [-0.3, -0.25) is 9.59 Å². The van der Waals surface area contributed by atoms with Gasteiger partial charge < -0.3 is 15.2 Å². The lowest BCUT2D eigenvalue weighted by Crippen LogP contribution is -2.38. The lowest BCUT2D eigenvalue weighted by atomic mass is 10.2. The zero-order chi connectivity index (χ0) is 15.2. The smallest absolute Gasteiger partial charge is 0.252 e. The van der Waals surface area contributed by atoms with Crippen LogP contribution in [-0.4, -0.2) is 40.3 Å². The number of benzene rings is 1. The molecule has 6 nitrogen and oxygen atoms in total. The Morgan fingerprint density at radius 1 is 1.38 bits per heavy atom. The molecule has 1 aromatic carbocycles. The van der Waals surface area contributed by atoms with Crippen molar-refractivity contribution >= 4 is 27.7 Å². The molecule has 7 heteroatoms. The summed E-state index contributed by atoms with van der Waals surface area (Å²) in [5.74, 6) is 0.219. The van der Waals surface area contributed by atoms with Crippen molar-refractivity contribution in [1.29, 1.82) is 0 Å². The molecular formula is C14H15BrN4O2. The SMILES string of the molecule is CN(Cc1ncc[nH]1)C(=O)CNC(=O)c1ccccc1Br. The van der Waals surface area contributed by atoms with Crippen LogP contribution >= 0.6 is 15.9 Å².